The summed E-state index contributed by atoms with van der Waals surface area (Å²) in [6.07, 6.45) is -1.52. The normalized spacial score (nSPS) is 24.7. The van der Waals surface area contributed by atoms with Gasteiger partial charge >= 0.3 is 6.09 Å². The minimum atomic E-state index is -2.49. The van der Waals surface area contributed by atoms with E-state index < -0.39 is 30.3 Å². The zero-order chi connectivity index (χ0) is 14.7. The molecule has 0 aromatic heterocycles. The molecule has 1 aliphatic heterocycles. The Hall–Kier alpha value is -0.910. The van der Waals surface area contributed by atoms with Crippen molar-refractivity contribution in [1.82, 2.24) is 4.90 Å². The van der Waals surface area contributed by atoms with Gasteiger partial charge in [-0.2, -0.15) is 0 Å². The molecule has 4 nitrogen and oxygen atoms in total. The van der Waals surface area contributed by atoms with Gasteiger partial charge in [-0.25, -0.2) is 13.6 Å². The molecular weight excluding hydrogens is 256 g/mol. The molecule has 0 aromatic rings. The maximum Gasteiger partial charge on any atom is 0.410 e. The number of hydrogen-bond acceptors (Lipinski definition) is 3. The van der Waals surface area contributed by atoms with Crippen LogP contribution in [0.2, 0.25) is 0 Å². The number of amides is 1. The zero-order valence-corrected chi connectivity index (χ0v) is 12.0. The van der Waals surface area contributed by atoms with Gasteiger partial charge < -0.3 is 14.4 Å². The van der Waals surface area contributed by atoms with Gasteiger partial charge in [0.25, 0.3) is 6.43 Å². The summed E-state index contributed by atoms with van der Waals surface area (Å²) in [5.74, 6) is 0. The first-order chi connectivity index (χ1) is 8.61. The van der Waals surface area contributed by atoms with Crippen LogP contribution >= 0.6 is 0 Å². The van der Waals surface area contributed by atoms with Crippen LogP contribution in [0, 0.1) is 0 Å². The summed E-state index contributed by atoms with van der Waals surface area (Å²) < 4.78 is 34.9. The molecule has 0 aromatic carbocycles. The molecule has 0 spiro atoms. The van der Waals surface area contributed by atoms with Crippen LogP contribution in [0.25, 0.3) is 0 Å². The van der Waals surface area contributed by atoms with Crippen molar-refractivity contribution < 1.29 is 23.0 Å². The van der Waals surface area contributed by atoms with Crippen LogP contribution < -0.4 is 0 Å². The van der Waals surface area contributed by atoms with Crippen molar-refractivity contribution in [3.63, 3.8) is 0 Å². The fourth-order valence-corrected chi connectivity index (χ4v) is 2.07. The number of alkyl halides is 2. The Bertz CT molecular complexity index is 318. The van der Waals surface area contributed by atoms with E-state index in [4.69, 9.17) is 9.47 Å². The highest BCUT2D eigenvalue weighted by Gasteiger charge is 2.36. The summed E-state index contributed by atoms with van der Waals surface area (Å²) in [6, 6.07) is 0. The number of carbonyl (C=O) groups excluding carboxylic acids is 1. The first kappa shape index (κ1) is 16.1. The van der Waals surface area contributed by atoms with Crippen LogP contribution in [-0.2, 0) is 9.47 Å². The number of piperidine rings is 1. The van der Waals surface area contributed by atoms with E-state index in [1.165, 1.54) is 4.90 Å². The molecular formula is C13H23F2NO3. The second-order valence-corrected chi connectivity index (χ2v) is 6.16. The van der Waals surface area contributed by atoms with E-state index in [0.29, 0.717) is 13.0 Å². The molecule has 1 aliphatic rings. The Morgan fingerprint density at radius 1 is 1.42 bits per heavy atom. The predicted octanol–water partition coefficient (Wildman–Crippen LogP) is 3.06. The monoisotopic (exact) mass is 279 g/mol. The van der Waals surface area contributed by atoms with Gasteiger partial charge in [-0.15, -0.1) is 0 Å². The molecule has 19 heavy (non-hydrogen) atoms. The minimum absolute atomic E-state index is 0.286. The van der Waals surface area contributed by atoms with Gasteiger partial charge in [0.05, 0.1) is 12.1 Å². The van der Waals surface area contributed by atoms with Gasteiger partial charge in [0.15, 0.2) is 0 Å². The van der Waals surface area contributed by atoms with Crippen molar-refractivity contribution in [2.75, 3.05) is 19.7 Å². The van der Waals surface area contributed by atoms with Crippen molar-refractivity contribution in [3.05, 3.63) is 0 Å². The lowest BCUT2D eigenvalue weighted by molar-refractivity contribution is -0.109. The molecule has 1 atom stereocenters. The van der Waals surface area contributed by atoms with Gasteiger partial charge in [-0.05, 0) is 40.5 Å². The molecule has 1 rings (SSSR count). The smallest absolute Gasteiger partial charge is 0.410 e. The second-order valence-electron chi connectivity index (χ2n) is 6.16. The molecule has 0 N–H and O–H groups in total. The van der Waals surface area contributed by atoms with E-state index in [9.17, 15) is 13.6 Å². The van der Waals surface area contributed by atoms with Crippen LogP contribution in [0.1, 0.15) is 40.5 Å². The first-order valence-corrected chi connectivity index (χ1v) is 6.51. The zero-order valence-electron chi connectivity index (χ0n) is 12.0. The summed E-state index contributed by atoms with van der Waals surface area (Å²) in [5, 5.41) is 0. The standard InChI is InChI=1S/C13H23F2NO3/c1-12(2,3)19-11(17)16-7-5-6-13(4,9-16)18-8-10(14)15/h10H,5-9H2,1-4H3. The molecule has 1 unspecified atom stereocenters. The molecule has 0 aliphatic carbocycles. The molecule has 1 fully saturated rings. The third-order valence-electron chi connectivity index (χ3n) is 2.87. The fourth-order valence-electron chi connectivity index (χ4n) is 2.07. The third-order valence-corrected chi connectivity index (χ3v) is 2.87. The van der Waals surface area contributed by atoms with Crippen molar-refractivity contribution >= 4 is 6.09 Å². The van der Waals surface area contributed by atoms with Crippen LogP contribution in [0.3, 0.4) is 0 Å². The van der Waals surface area contributed by atoms with E-state index in [1.807, 2.05) is 0 Å². The first-order valence-electron chi connectivity index (χ1n) is 6.51. The van der Waals surface area contributed by atoms with E-state index in [-0.39, 0.29) is 6.54 Å². The van der Waals surface area contributed by atoms with Gasteiger partial charge in [-0.3, -0.25) is 0 Å². The number of likely N-dealkylation sites (tertiary alicyclic amines) is 1. The van der Waals surface area contributed by atoms with Gasteiger partial charge in [0.2, 0.25) is 0 Å². The SMILES string of the molecule is CC(C)(C)OC(=O)N1CCCC(C)(OCC(F)F)C1. The number of hydrogen-bond donors (Lipinski definition) is 0. The molecule has 0 radical (unpaired) electrons. The Morgan fingerprint density at radius 3 is 2.58 bits per heavy atom. The number of halogens is 2. The summed E-state index contributed by atoms with van der Waals surface area (Å²) in [7, 11) is 0. The molecule has 6 heteroatoms. The Morgan fingerprint density at radius 2 is 2.05 bits per heavy atom. The Balaban J connectivity index is 2.56. The summed E-state index contributed by atoms with van der Waals surface area (Å²) in [6.45, 7) is 7.39. The van der Waals surface area contributed by atoms with Crippen molar-refractivity contribution in [1.29, 1.82) is 0 Å². The van der Waals surface area contributed by atoms with E-state index >= 15 is 0 Å². The van der Waals surface area contributed by atoms with Crippen LogP contribution in [0.4, 0.5) is 13.6 Å². The number of carbonyl (C=O) groups is 1. The molecule has 112 valence electrons. The maximum atomic E-state index is 12.2. The fraction of sp³-hybridized carbons (Fsp3) is 0.923. The summed E-state index contributed by atoms with van der Waals surface area (Å²) >= 11 is 0. The maximum absolute atomic E-state index is 12.2. The van der Waals surface area contributed by atoms with Gasteiger partial charge in [-0.1, -0.05) is 0 Å². The lowest BCUT2D eigenvalue weighted by atomic mass is 9.95. The summed E-state index contributed by atoms with van der Waals surface area (Å²) in [4.78, 5) is 13.5. The topological polar surface area (TPSA) is 38.8 Å². The third kappa shape index (κ3) is 5.72. The Labute approximate surface area is 113 Å². The highest BCUT2D eigenvalue weighted by Crippen LogP contribution is 2.26. The number of ether oxygens (including phenoxy) is 2. The van der Waals surface area contributed by atoms with Gasteiger partial charge in [0, 0.05) is 6.54 Å². The van der Waals surface area contributed by atoms with E-state index in [2.05, 4.69) is 0 Å². The van der Waals surface area contributed by atoms with Gasteiger partial charge in [0.1, 0.15) is 12.2 Å². The number of nitrogens with zero attached hydrogens (tertiary/aromatic N) is 1. The molecule has 1 amide bonds. The van der Waals surface area contributed by atoms with E-state index in [0.717, 1.165) is 6.42 Å². The van der Waals surface area contributed by atoms with E-state index in [1.54, 1.807) is 27.7 Å². The number of rotatable bonds is 3. The average Bonchev–Trinajstić information content (AvgIpc) is 2.24. The average molecular weight is 279 g/mol. The predicted molar refractivity (Wildman–Crippen MR) is 67.4 cm³/mol. The highest BCUT2D eigenvalue weighted by atomic mass is 19.3. The largest absolute Gasteiger partial charge is 0.444 e. The van der Waals surface area contributed by atoms with Crippen LogP contribution in [0.5, 0.6) is 0 Å². The summed E-state index contributed by atoms with van der Waals surface area (Å²) in [5.41, 5.74) is -1.28. The lowest BCUT2D eigenvalue weighted by Crippen LogP contribution is -2.51. The molecule has 1 heterocycles. The highest BCUT2D eigenvalue weighted by molar-refractivity contribution is 5.68. The quantitative estimate of drug-likeness (QED) is 0.797. The second kappa shape index (κ2) is 6.03. The van der Waals surface area contributed by atoms with Crippen molar-refractivity contribution in [2.45, 2.75) is 58.2 Å². The molecule has 0 saturated carbocycles. The molecule has 0 bridgehead atoms. The van der Waals surface area contributed by atoms with Crippen molar-refractivity contribution in [2.24, 2.45) is 0 Å². The van der Waals surface area contributed by atoms with Crippen LogP contribution in [-0.4, -0.2) is 48.3 Å². The minimum Gasteiger partial charge on any atom is -0.444 e. The van der Waals surface area contributed by atoms with Crippen molar-refractivity contribution in [3.8, 4) is 0 Å². The molecule has 1 saturated heterocycles. The van der Waals surface area contributed by atoms with Crippen LogP contribution in [0.15, 0.2) is 0 Å². The Kier molecular flexibility index (Phi) is 5.12. The lowest BCUT2D eigenvalue weighted by Gasteiger charge is -2.40.